The second kappa shape index (κ2) is 5.11. The van der Waals surface area contributed by atoms with E-state index < -0.39 is 10.0 Å². The smallest absolute Gasteiger partial charge is 0.241 e. The summed E-state index contributed by atoms with van der Waals surface area (Å²) in [6.07, 6.45) is 2.92. The molecule has 0 radical (unpaired) electrons. The van der Waals surface area contributed by atoms with Gasteiger partial charge < -0.3 is 9.84 Å². The molecule has 2 bridgehead atoms. The zero-order valence-corrected chi connectivity index (χ0v) is 12.2. The molecular formula is C14H19NO4S. The maximum atomic E-state index is 12.5. The number of benzene rings is 1. The summed E-state index contributed by atoms with van der Waals surface area (Å²) >= 11 is 0. The Morgan fingerprint density at radius 3 is 2.80 bits per heavy atom. The molecule has 2 aliphatic rings. The molecule has 5 nitrogen and oxygen atoms in total. The van der Waals surface area contributed by atoms with E-state index in [1.54, 1.807) is 19.1 Å². The molecule has 2 N–H and O–H groups in total. The Hall–Kier alpha value is -0.950. The molecule has 110 valence electrons. The number of aryl methyl sites for hydroxylation is 1. The van der Waals surface area contributed by atoms with Gasteiger partial charge in [0.05, 0.1) is 29.8 Å². The van der Waals surface area contributed by atoms with Crippen molar-refractivity contribution in [2.45, 2.75) is 55.9 Å². The number of rotatable bonds is 4. The first-order valence-electron chi connectivity index (χ1n) is 6.88. The highest BCUT2D eigenvalue weighted by molar-refractivity contribution is 7.89. The van der Waals surface area contributed by atoms with E-state index in [2.05, 4.69) is 4.72 Å². The van der Waals surface area contributed by atoms with E-state index >= 15 is 0 Å². The Labute approximate surface area is 119 Å². The van der Waals surface area contributed by atoms with Gasteiger partial charge >= 0.3 is 0 Å². The van der Waals surface area contributed by atoms with Gasteiger partial charge in [-0.2, -0.15) is 0 Å². The molecule has 3 rings (SSSR count). The van der Waals surface area contributed by atoms with Crippen molar-refractivity contribution >= 4 is 10.0 Å². The summed E-state index contributed by atoms with van der Waals surface area (Å²) in [4.78, 5) is 0.242. The fraction of sp³-hybridized carbons (Fsp3) is 0.571. The van der Waals surface area contributed by atoms with E-state index in [4.69, 9.17) is 9.84 Å². The van der Waals surface area contributed by atoms with Gasteiger partial charge in [0.2, 0.25) is 10.0 Å². The molecule has 2 heterocycles. The molecule has 2 fully saturated rings. The van der Waals surface area contributed by atoms with E-state index in [-0.39, 0.29) is 29.8 Å². The van der Waals surface area contributed by atoms with Crippen molar-refractivity contribution in [3.05, 3.63) is 29.3 Å². The summed E-state index contributed by atoms with van der Waals surface area (Å²) in [6.45, 7) is 1.59. The lowest BCUT2D eigenvalue weighted by Gasteiger charge is -2.20. The van der Waals surface area contributed by atoms with Crippen molar-refractivity contribution in [1.29, 1.82) is 0 Å². The molecular weight excluding hydrogens is 278 g/mol. The minimum Gasteiger partial charge on any atom is -0.392 e. The van der Waals surface area contributed by atoms with E-state index in [0.29, 0.717) is 11.1 Å². The maximum absolute atomic E-state index is 12.5. The Bertz CT molecular complexity index is 614. The van der Waals surface area contributed by atoms with Crippen LogP contribution in [-0.2, 0) is 21.4 Å². The van der Waals surface area contributed by atoms with E-state index in [9.17, 15) is 8.42 Å². The second-order valence-corrected chi connectivity index (χ2v) is 7.28. The van der Waals surface area contributed by atoms with Crippen LogP contribution in [-0.4, -0.2) is 31.8 Å². The minimum absolute atomic E-state index is 0.0103. The Morgan fingerprint density at radius 2 is 2.20 bits per heavy atom. The normalized spacial score (nSPS) is 29.0. The van der Waals surface area contributed by atoms with Crippen molar-refractivity contribution in [2.75, 3.05) is 0 Å². The third kappa shape index (κ3) is 2.48. The summed E-state index contributed by atoms with van der Waals surface area (Å²) in [5, 5.41) is 9.15. The minimum atomic E-state index is -3.57. The highest BCUT2D eigenvalue weighted by atomic mass is 32.2. The van der Waals surface area contributed by atoms with E-state index in [1.807, 2.05) is 0 Å². The first-order chi connectivity index (χ1) is 9.49. The van der Waals surface area contributed by atoms with E-state index in [0.717, 1.165) is 19.3 Å². The quantitative estimate of drug-likeness (QED) is 0.872. The SMILES string of the molecule is Cc1ccc(CO)cc1S(=O)(=O)NC1CC2CCC1O2. The lowest BCUT2D eigenvalue weighted by Crippen LogP contribution is -2.41. The van der Waals surface area contributed by atoms with Gasteiger partial charge in [0.1, 0.15) is 0 Å². The van der Waals surface area contributed by atoms with Crippen LogP contribution in [0.4, 0.5) is 0 Å². The number of sulfonamides is 1. The summed E-state index contributed by atoms with van der Waals surface area (Å²) < 4.78 is 33.4. The molecule has 6 heteroatoms. The summed E-state index contributed by atoms with van der Waals surface area (Å²) in [7, 11) is -3.57. The number of hydrogen-bond donors (Lipinski definition) is 2. The zero-order chi connectivity index (χ0) is 14.3. The molecule has 3 unspecified atom stereocenters. The van der Waals surface area contributed by atoms with Gasteiger partial charge in [-0.15, -0.1) is 0 Å². The van der Waals surface area contributed by atoms with Crippen LogP contribution in [0.5, 0.6) is 0 Å². The number of nitrogens with one attached hydrogen (secondary N) is 1. The molecule has 0 aromatic heterocycles. The summed E-state index contributed by atoms with van der Waals surface area (Å²) in [6, 6.07) is 4.86. The Kier molecular flexibility index (Phi) is 3.58. The van der Waals surface area contributed by atoms with Crippen LogP contribution in [0.3, 0.4) is 0 Å². The van der Waals surface area contributed by atoms with Crippen molar-refractivity contribution in [2.24, 2.45) is 0 Å². The topological polar surface area (TPSA) is 75.6 Å². The van der Waals surface area contributed by atoms with Gasteiger partial charge in [-0.05, 0) is 43.4 Å². The van der Waals surface area contributed by atoms with Crippen LogP contribution in [0.15, 0.2) is 23.1 Å². The van der Waals surface area contributed by atoms with Crippen LogP contribution in [0, 0.1) is 6.92 Å². The molecule has 2 saturated heterocycles. The predicted molar refractivity (Wildman–Crippen MR) is 73.7 cm³/mol. The molecule has 1 aromatic carbocycles. The fourth-order valence-electron chi connectivity index (χ4n) is 3.06. The van der Waals surface area contributed by atoms with Crippen molar-refractivity contribution in [1.82, 2.24) is 4.72 Å². The third-order valence-electron chi connectivity index (χ3n) is 4.14. The Morgan fingerprint density at radius 1 is 1.40 bits per heavy atom. The first-order valence-corrected chi connectivity index (χ1v) is 8.36. The van der Waals surface area contributed by atoms with Gasteiger partial charge in [0, 0.05) is 0 Å². The van der Waals surface area contributed by atoms with Crippen molar-refractivity contribution < 1.29 is 18.3 Å². The molecule has 20 heavy (non-hydrogen) atoms. The molecule has 1 aromatic rings. The largest absolute Gasteiger partial charge is 0.392 e. The van der Waals surface area contributed by atoms with Gasteiger partial charge in [0.15, 0.2) is 0 Å². The highest BCUT2D eigenvalue weighted by Gasteiger charge is 2.42. The van der Waals surface area contributed by atoms with E-state index in [1.165, 1.54) is 6.07 Å². The lowest BCUT2D eigenvalue weighted by molar-refractivity contribution is 0.0996. The lowest BCUT2D eigenvalue weighted by atomic mass is 9.96. The number of aliphatic hydroxyl groups is 1. The van der Waals surface area contributed by atoms with Gasteiger partial charge in [-0.3, -0.25) is 0 Å². The van der Waals surface area contributed by atoms with Crippen molar-refractivity contribution in [3.8, 4) is 0 Å². The maximum Gasteiger partial charge on any atom is 0.241 e. The van der Waals surface area contributed by atoms with Crippen LogP contribution in [0.25, 0.3) is 0 Å². The van der Waals surface area contributed by atoms with Crippen LogP contribution in [0.2, 0.25) is 0 Å². The summed E-state index contributed by atoms with van der Waals surface area (Å²) in [5.41, 5.74) is 1.28. The monoisotopic (exact) mass is 297 g/mol. The van der Waals surface area contributed by atoms with Gasteiger partial charge in [0.25, 0.3) is 0 Å². The van der Waals surface area contributed by atoms with Crippen molar-refractivity contribution in [3.63, 3.8) is 0 Å². The Balaban J connectivity index is 1.84. The van der Waals surface area contributed by atoms with Crippen LogP contribution >= 0.6 is 0 Å². The average molecular weight is 297 g/mol. The predicted octanol–water partition coefficient (Wildman–Crippen LogP) is 1.09. The molecule has 0 aliphatic carbocycles. The molecule has 0 saturated carbocycles. The number of fused-ring (bicyclic) bond motifs is 2. The molecule has 3 atom stereocenters. The van der Waals surface area contributed by atoms with Gasteiger partial charge in [-0.25, -0.2) is 13.1 Å². The molecule has 2 aliphatic heterocycles. The number of aliphatic hydroxyl groups excluding tert-OH is 1. The first kappa shape index (κ1) is 14.0. The number of ether oxygens (including phenoxy) is 1. The van der Waals surface area contributed by atoms with Gasteiger partial charge in [-0.1, -0.05) is 12.1 Å². The third-order valence-corrected chi connectivity index (χ3v) is 5.77. The zero-order valence-electron chi connectivity index (χ0n) is 11.4. The fourth-order valence-corrected chi connectivity index (χ4v) is 4.63. The van der Waals surface area contributed by atoms with Crippen LogP contribution in [0.1, 0.15) is 30.4 Å². The van der Waals surface area contributed by atoms with Crippen LogP contribution < -0.4 is 4.72 Å². The average Bonchev–Trinajstić information content (AvgIpc) is 3.01. The summed E-state index contributed by atoms with van der Waals surface area (Å²) in [5.74, 6) is 0. The standard InChI is InChI=1S/C14H19NO4S/c1-9-2-3-10(8-16)6-14(9)20(17,18)15-12-7-11-4-5-13(12)19-11/h2-3,6,11-13,15-16H,4-5,7-8H2,1H3. The molecule has 0 spiro atoms. The molecule has 0 amide bonds. The number of hydrogen-bond acceptors (Lipinski definition) is 4. The second-order valence-electron chi connectivity index (χ2n) is 5.60. The highest BCUT2D eigenvalue weighted by Crippen LogP contribution is 2.35.